The number of methoxy groups -OCH3 is 1. The maximum Gasteiger partial charge on any atom is 0.209 e. The third-order valence-corrected chi connectivity index (χ3v) is 5.91. The van der Waals surface area contributed by atoms with E-state index in [2.05, 4.69) is 26.7 Å². The topological polar surface area (TPSA) is 72.8 Å². The van der Waals surface area contributed by atoms with Gasteiger partial charge in [-0.15, -0.1) is 16.4 Å². The molecule has 1 atom stereocenters. The van der Waals surface area contributed by atoms with E-state index >= 15 is 0 Å². The van der Waals surface area contributed by atoms with E-state index in [1.807, 2.05) is 37.4 Å². The van der Waals surface area contributed by atoms with Crippen LogP contribution in [0.15, 0.2) is 28.7 Å². The highest BCUT2D eigenvalue weighted by molar-refractivity contribution is 7.99. The first-order valence-electron chi connectivity index (χ1n) is 8.31. The van der Waals surface area contributed by atoms with Crippen LogP contribution in [0, 0.1) is 13.8 Å². The SMILES string of the molecule is COCC(C)n1c(C)cc(C(=O)CSc2n[nH]c(-c3cccs3)n2)c1C. The normalized spacial score (nSPS) is 12.5. The van der Waals surface area contributed by atoms with Crippen molar-refractivity contribution >= 4 is 28.9 Å². The van der Waals surface area contributed by atoms with Gasteiger partial charge in [-0.3, -0.25) is 9.89 Å². The molecule has 0 saturated heterocycles. The van der Waals surface area contributed by atoms with Crippen LogP contribution in [0.1, 0.15) is 34.7 Å². The molecule has 0 amide bonds. The van der Waals surface area contributed by atoms with Crippen LogP contribution in [0.2, 0.25) is 0 Å². The second kappa shape index (κ2) is 8.20. The number of thiophene rings is 1. The van der Waals surface area contributed by atoms with Crippen molar-refractivity contribution in [2.75, 3.05) is 19.5 Å². The molecule has 0 aliphatic carbocycles. The van der Waals surface area contributed by atoms with Crippen molar-refractivity contribution in [3.63, 3.8) is 0 Å². The number of ether oxygens (including phenoxy) is 1. The van der Waals surface area contributed by atoms with Crippen LogP contribution in [0.25, 0.3) is 10.7 Å². The maximum atomic E-state index is 12.7. The molecule has 0 aliphatic rings. The standard InChI is InChI=1S/C18H22N4O2S2/c1-11-8-14(13(3)22(11)12(2)9-24-4)15(23)10-26-18-19-17(20-21-18)16-6-5-7-25-16/h5-8,12H,9-10H2,1-4H3,(H,19,20,21). The molecule has 3 aromatic rings. The summed E-state index contributed by atoms with van der Waals surface area (Å²) in [5.41, 5.74) is 2.80. The van der Waals surface area contributed by atoms with Gasteiger partial charge in [0.2, 0.25) is 5.16 Å². The van der Waals surface area contributed by atoms with Gasteiger partial charge < -0.3 is 9.30 Å². The van der Waals surface area contributed by atoms with Gasteiger partial charge in [0.25, 0.3) is 0 Å². The van der Waals surface area contributed by atoms with Crippen LogP contribution in [0.3, 0.4) is 0 Å². The number of Topliss-reactive ketones (excluding diaryl/α,β-unsaturated/α-hetero) is 1. The summed E-state index contributed by atoms with van der Waals surface area (Å²) in [7, 11) is 1.69. The van der Waals surface area contributed by atoms with Crippen molar-refractivity contribution in [2.45, 2.75) is 32.0 Å². The van der Waals surface area contributed by atoms with E-state index in [0.717, 1.165) is 27.7 Å². The lowest BCUT2D eigenvalue weighted by Gasteiger charge is -2.17. The Morgan fingerprint density at radius 2 is 2.27 bits per heavy atom. The van der Waals surface area contributed by atoms with Gasteiger partial charge >= 0.3 is 0 Å². The summed E-state index contributed by atoms with van der Waals surface area (Å²) in [5.74, 6) is 1.13. The fourth-order valence-corrected chi connectivity index (χ4v) is 4.44. The fourth-order valence-electron chi connectivity index (χ4n) is 3.10. The first-order chi connectivity index (χ1) is 12.5. The minimum absolute atomic E-state index is 0.0847. The smallest absolute Gasteiger partial charge is 0.209 e. The molecule has 26 heavy (non-hydrogen) atoms. The lowest BCUT2D eigenvalue weighted by atomic mass is 10.2. The minimum Gasteiger partial charge on any atom is -0.383 e. The Morgan fingerprint density at radius 3 is 2.96 bits per heavy atom. The number of nitrogens with one attached hydrogen (secondary N) is 1. The summed E-state index contributed by atoms with van der Waals surface area (Å²) in [4.78, 5) is 18.2. The summed E-state index contributed by atoms with van der Waals surface area (Å²) in [6.07, 6.45) is 0. The molecule has 0 spiro atoms. The van der Waals surface area contributed by atoms with E-state index in [1.165, 1.54) is 11.8 Å². The third-order valence-electron chi connectivity index (χ3n) is 4.19. The molecule has 3 rings (SSSR count). The lowest BCUT2D eigenvalue weighted by Crippen LogP contribution is -2.14. The van der Waals surface area contributed by atoms with Gasteiger partial charge in [0.1, 0.15) is 0 Å². The molecule has 3 aromatic heterocycles. The van der Waals surface area contributed by atoms with Crippen LogP contribution in [-0.4, -0.2) is 45.0 Å². The quantitative estimate of drug-likeness (QED) is 0.462. The van der Waals surface area contributed by atoms with Crippen molar-refractivity contribution < 1.29 is 9.53 Å². The maximum absolute atomic E-state index is 12.7. The number of aromatic nitrogens is 4. The zero-order valence-electron chi connectivity index (χ0n) is 15.3. The number of ketones is 1. The fraction of sp³-hybridized carbons (Fsp3) is 0.389. The molecule has 8 heteroatoms. The van der Waals surface area contributed by atoms with Crippen molar-refractivity contribution in [3.8, 4) is 10.7 Å². The summed E-state index contributed by atoms with van der Waals surface area (Å²) in [6, 6.07) is 6.11. The van der Waals surface area contributed by atoms with Gasteiger partial charge in [-0.05, 0) is 38.3 Å². The lowest BCUT2D eigenvalue weighted by molar-refractivity contribution is 0.102. The van der Waals surface area contributed by atoms with Gasteiger partial charge in [-0.2, -0.15) is 0 Å². The summed E-state index contributed by atoms with van der Waals surface area (Å²) >= 11 is 2.95. The number of hydrogen-bond acceptors (Lipinski definition) is 6. The molecule has 0 aromatic carbocycles. The molecular weight excluding hydrogens is 368 g/mol. The molecule has 138 valence electrons. The highest BCUT2D eigenvalue weighted by Gasteiger charge is 2.19. The van der Waals surface area contributed by atoms with Gasteiger partial charge in [0.15, 0.2) is 11.6 Å². The molecular formula is C18H22N4O2S2. The number of carbonyl (C=O) groups is 1. The zero-order valence-corrected chi connectivity index (χ0v) is 16.9. The molecule has 0 saturated carbocycles. The average Bonchev–Trinajstić information content (AvgIpc) is 3.32. The summed E-state index contributed by atoms with van der Waals surface area (Å²) < 4.78 is 7.40. The summed E-state index contributed by atoms with van der Waals surface area (Å²) in [6.45, 7) is 6.71. The number of carbonyl (C=O) groups excluding carboxylic acids is 1. The molecule has 1 N–H and O–H groups in total. The zero-order chi connectivity index (χ0) is 18.7. The van der Waals surface area contributed by atoms with Crippen LogP contribution < -0.4 is 0 Å². The Bertz CT molecular complexity index is 883. The second-order valence-electron chi connectivity index (χ2n) is 6.11. The van der Waals surface area contributed by atoms with E-state index in [1.54, 1.807) is 18.4 Å². The van der Waals surface area contributed by atoms with Crippen molar-refractivity contribution in [3.05, 3.63) is 40.5 Å². The van der Waals surface area contributed by atoms with Gasteiger partial charge in [-0.25, -0.2) is 4.98 Å². The molecule has 0 bridgehead atoms. The molecule has 0 radical (unpaired) electrons. The molecule has 1 unspecified atom stereocenters. The first kappa shape index (κ1) is 18.9. The first-order valence-corrected chi connectivity index (χ1v) is 10.2. The number of H-pyrrole nitrogens is 1. The molecule has 0 aliphatic heterocycles. The van der Waals surface area contributed by atoms with Gasteiger partial charge in [-0.1, -0.05) is 17.8 Å². The van der Waals surface area contributed by atoms with Crippen molar-refractivity contribution in [1.29, 1.82) is 0 Å². The van der Waals surface area contributed by atoms with Crippen molar-refractivity contribution in [2.24, 2.45) is 0 Å². The number of nitrogens with zero attached hydrogens (tertiary/aromatic N) is 3. The number of aryl methyl sites for hydroxylation is 1. The summed E-state index contributed by atoms with van der Waals surface area (Å²) in [5, 5.41) is 9.70. The van der Waals surface area contributed by atoms with E-state index in [0.29, 0.717) is 17.5 Å². The van der Waals surface area contributed by atoms with E-state index in [4.69, 9.17) is 4.74 Å². The Morgan fingerprint density at radius 1 is 1.46 bits per heavy atom. The third kappa shape index (κ3) is 3.92. The predicted molar refractivity (Wildman–Crippen MR) is 105 cm³/mol. The number of thioether (sulfide) groups is 1. The Hall–Kier alpha value is -1.90. The number of aromatic amines is 1. The number of rotatable bonds is 8. The highest BCUT2D eigenvalue weighted by Crippen LogP contribution is 2.25. The minimum atomic E-state index is 0.0847. The molecule has 0 fully saturated rings. The van der Waals surface area contributed by atoms with Gasteiger partial charge in [0, 0.05) is 24.1 Å². The highest BCUT2D eigenvalue weighted by atomic mass is 32.2. The molecule has 3 heterocycles. The Balaban J connectivity index is 1.68. The largest absolute Gasteiger partial charge is 0.383 e. The average molecular weight is 391 g/mol. The molecule has 6 nitrogen and oxygen atoms in total. The van der Waals surface area contributed by atoms with Crippen LogP contribution in [0.5, 0.6) is 0 Å². The second-order valence-corrected chi connectivity index (χ2v) is 8.01. The van der Waals surface area contributed by atoms with Gasteiger partial charge in [0.05, 0.1) is 23.3 Å². The number of hydrogen-bond donors (Lipinski definition) is 1. The predicted octanol–water partition coefficient (Wildman–Crippen LogP) is 4.13. The van der Waals surface area contributed by atoms with E-state index < -0.39 is 0 Å². The van der Waals surface area contributed by atoms with Crippen molar-refractivity contribution in [1.82, 2.24) is 19.7 Å². The van der Waals surface area contributed by atoms with E-state index in [-0.39, 0.29) is 11.8 Å². The van der Waals surface area contributed by atoms with E-state index in [9.17, 15) is 4.79 Å². The Kier molecular flexibility index (Phi) is 5.95. The monoisotopic (exact) mass is 390 g/mol. The van der Waals surface area contributed by atoms with Crippen LogP contribution in [-0.2, 0) is 4.74 Å². The van der Waals surface area contributed by atoms with Crippen LogP contribution in [0.4, 0.5) is 0 Å². The van der Waals surface area contributed by atoms with Crippen LogP contribution >= 0.6 is 23.1 Å². The Labute approximate surface area is 161 Å².